The zero-order valence-corrected chi connectivity index (χ0v) is 27.8. The van der Waals surface area contributed by atoms with Crippen LogP contribution >= 0.6 is 0 Å². The van der Waals surface area contributed by atoms with E-state index >= 15 is 0 Å². The number of likely N-dealkylation sites (tertiary alicyclic amines) is 3. The van der Waals surface area contributed by atoms with Gasteiger partial charge in [-0.05, 0) is 106 Å². The number of morpholine rings is 1. The normalized spacial score (nSPS) is 22.1. The molecule has 0 aromatic carbocycles. The van der Waals surface area contributed by atoms with E-state index in [1.807, 2.05) is 0 Å². The molecule has 7 heteroatoms. The molecule has 5 nitrogen and oxygen atoms in total. The maximum Gasteiger partial charge on any atom is 0.0594 e. The van der Waals surface area contributed by atoms with Crippen molar-refractivity contribution in [2.75, 3.05) is 93.8 Å². The SMILES string of the molecule is CN1CCCC1.CN1CCCCC1.CN1CCCCC1.CN1CCOCC1.[CH3-].[CH3-].[Y].[Y]. The van der Waals surface area contributed by atoms with Crippen LogP contribution in [0.2, 0.25) is 0 Å². The first kappa shape index (κ1) is 40.2. The summed E-state index contributed by atoms with van der Waals surface area (Å²) in [4.78, 5) is 9.41. The van der Waals surface area contributed by atoms with Crippen molar-refractivity contribution in [2.45, 2.75) is 51.4 Å². The number of hydrogen-bond donors (Lipinski definition) is 0. The minimum absolute atomic E-state index is 0. The molecule has 0 saturated carbocycles. The average molecular weight is 593 g/mol. The molecule has 0 aromatic rings. The number of hydrogen-bond acceptors (Lipinski definition) is 5. The van der Waals surface area contributed by atoms with E-state index in [4.69, 9.17) is 4.74 Å². The molecule has 0 aliphatic carbocycles. The molecule has 0 N–H and O–H groups in total. The Morgan fingerprint density at radius 1 is 0.387 bits per heavy atom. The number of likely N-dealkylation sites (N-methyl/N-ethyl adjacent to an activating group) is 1. The van der Waals surface area contributed by atoms with Gasteiger partial charge in [-0.3, -0.25) is 0 Å². The van der Waals surface area contributed by atoms with E-state index in [-0.39, 0.29) is 80.3 Å². The van der Waals surface area contributed by atoms with Crippen molar-refractivity contribution in [1.29, 1.82) is 0 Å². The Bertz CT molecular complexity index is 279. The third kappa shape index (κ3) is 26.5. The molecule has 0 atom stereocenters. The number of ether oxygens (including phenoxy) is 1. The van der Waals surface area contributed by atoms with Crippen molar-refractivity contribution < 1.29 is 70.2 Å². The van der Waals surface area contributed by atoms with Crippen molar-refractivity contribution >= 4 is 0 Å². The molecule has 0 unspecified atom stereocenters. The third-order valence-corrected chi connectivity index (χ3v) is 5.72. The first-order valence-electron chi connectivity index (χ1n) is 11.4. The molecule has 4 aliphatic heterocycles. The largest absolute Gasteiger partial charge is 0.379 e. The molecule has 4 fully saturated rings. The fraction of sp³-hybridized carbons (Fsp3) is 0.917. The van der Waals surface area contributed by atoms with Crippen molar-refractivity contribution in [3.63, 3.8) is 0 Å². The smallest absolute Gasteiger partial charge is 0.0594 e. The van der Waals surface area contributed by atoms with Crippen LogP contribution in [0.3, 0.4) is 0 Å². The second-order valence-corrected chi connectivity index (χ2v) is 8.65. The van der Waals surface area contributed by atoms with Crippen LogP contribution in [0.1, 0.15) is 51.4 Å². The van der Waals surface area contributed by atoms with Crippen molar-refractivity contribution in [3.05, 3.63) is 14.9 Å². The van der Waals surface area contributed by atoms with Gasteiger partial charge in [0.25, 0.3) is 0 Å². The zero-order valence-electron chi connectivity index (χ0n) is 22.1. The van der Waals surface area contributed by atoms with Crippen LogP contribution in [-0.4, -0.2) is 113 Å². The van der Waals surface area contributed by atoms with Crippen LogP contribution < -0.4 is 0 Å². The first-order chi connectivity index (χ1) is 13.1. The topological polar surface area (TPSA) is 22.2 Å². The predicted molar refractivity (Wildman–Crippen MR) is 131 cm³/mol. The predicted octanol–water partition coefficient (Wildman–Crippen LogP) is 3.76. The molecule has 31 heavy (non-hydrogen) atoms. The Morgan fingerprint density at radius 3 is 0.742 bits per heavy atom. The van der Waals surface area contributed by atoms with Gasteiger partial charge in [0.2, 0.25) is 0 Å². The van der Waals surface area contributed by atoms with E-state index in [1.54, 1.807) is 0 Å². The Hall–Kier alpha value is 2.01. The molecular weight excluding hydrogens is 538 g/mol. The fourth-order valence-electron chi connectivity index (χ4n) is 3.63. The van der Waals surface area contributed by atoms with Crippen LogP contribution in [0.15, 0.2) is 0 Å². The van der Waals surface area contributed by atoms with E-state index in [9.17, 15) is 0 Å². The van der Waals surface area contributed by atoms with Crippen LogP contribution in [0.4, 0.5) is 0 Å². The summed E-state index contributed by atoms with van der Waals surface area (Å²) in [6, 6.07) is 0. The molecular formula is C24H54N4OY2-2. The number of piperidine rings is 2. The van der Waals surface area contributed by atoms with Crippen molar-refractivity contribution in [3.8, 4) is 0 Å². The second-order valence-electron chi connectivity index (χ2n) is 8.65. The quantitative estimate of drug-likeness (QED) is 0.399. The molecule has 184 valence electrons. The van der Waals surface area contributed by atoms with Crippen LogP contribution in [-0.2, 0) is 70.2 Å². The molecule has 4 rings (SSSR count). The Balaban J connectivity index is -0.000000151. The third-order valence-electron chi connectivity index (χ3n) is 5.72. The minimum atomic E-state index is 0. The van der Waals surface area contributed by atoms with Crippen LogP contribution in [0.25, 0.3) is 0 Å². The van der Waals surface area contributed by atoms with Gasteiger partial charge in [0.15, 0.2) is 0 Å². The summed E-state index contributed by atoms with van der Waals surface area (Å²) in [6.07, 6.45) is 11.4. The molecule has 2 radical (unpaired) electrons. The number of nitrogens with zero attached hydrogens (tertiary/aromatic N) is 4. The standard InChI is InChI=1S/2C6H13N.C5H11NO.C5H11N.2CH3.2Y/c2*1-7-5-3-2-4-6-7;1-6-2-4-7-5-3-6;1-6-4-2-3-5-6;;;;/h2*2-6H2,1H3;2-5H2,1H3;2-5H2,1H3;2*1H3;;/q;;;;2*-1;;. The van der Waals surface area contributed by atoms with Gasteiger partial charge in [-0.15, -0.1) is 0 Å². The first-order valence-corrected chi connectivity index (χ1v) is 11.4. The summed E-state index contributed by atoms with van der Waals surface area (Å²) in [5.41, 5.74) is 0. The van der Waals surface area contributed by atoms with Gasteiger partial charge in [0.1, 0.15) is 0 Å². The van der Waals surface area contributed by atoms with Crippen LogP contribution in [0.5, 0.6) is 0 Å². The maximum atomic E-state index is 5.10. The summed E-state index contributed by atoms with van der Waals surface area (Å²) < 4.78 is 5.10. The molecule has 4 heterocycles. The maximum absolute atomic E-state index is 5.10. The summed E-state index contributed by atoms with van der Waals surface area (Å²) in [5, 5.41) is 0. The zero-order chi connectivity index (χ0) is 19.7. The molecule has 0 bridgehead atoms. The minimum Gasteiger partial charge on any atom is -0.379 e. The van der Waals surface area contributed by atoms with E-state index in [0.29, 0.717) is 0 Å². The molecule has 0 aromatic heterocycles. The summed E-state index contributed by atoms with van der Waals surface area (Å²) in [7, 11) is 8.67. The van der Waals surface area contributed by atoms with Gasteiger partial charge < -0.3 is 39.2 Å². The Labute approximate surface area is 247 Å². The van der Waals surface area contributed by atoms with Gasteiger partial charge in [-0.2, -0.15) is 0 Å². The van der Waals surface area contributed by atoms with E-state index in [2.05, 4.69) is 47.8 Å². The second kappa shape index (κ2) is 28.2. The summed E-state index contributed by atoms with van der Waals surface area (Å²) >= 11 is 0. The van der Waals surface area contributed by atoms with E-state index in [0.717, 1.165) is 26.3 Å². The van der Waals surface area contributed by atoms with Gasteiger partial charge in [-0.1, -0.05) is 12.8 Å². The van der Waals surface area contributed by atoms with Gasteiger partial charge in [-0.25, -0.2) is 0 Å². The molecule has 4 saturated heterocycles. The van der Waals surface area contributed by atoms with Gasteiger partial charge in [0.05, 0.1) is 13.2 Å². The monoisotopic (exact) mass is 592 g/mol. The van der Waals surface area contributed by atoms with Crippen LogP contribution in [0, 0.1) is 14.9 Å². The summed E-state index contributed by atoms with van der Waals surface area (Å²) in [6.45, 7) is 11.9. The Morgan fingerprint density at radius 2 is 0.613 bits per heavy atom. The molecule has 0 spiro atoms. The molecule has 4 aliphatic rings. The Kier molecular flexibility index (Phi) is 36.6. The van der Waals surface area contributed by atoms with Gasteiger partial charge in [0, 0.05) is 78.5 Å². The molecule has 0 amide bonds. The number of rotatable bonds is 0. The summed E-state index contributed by atoms with van der Waals surface area (Å²) in [5.74, 6) is 0. The average Bonchev–Trinajstić information content (AvgIpc) is 3.16. The van der Waals surface area contributed by atoms with Crippen molar-refractivity contribution in [1.82, 2.24) is 19.6 Å². The van der Waals surface area contributed by atoms with Gasteiger partial charge >= 0.3 is 0 Å². The fourth-order valence-corrected chi connectivity index (χ4v) is 3.63. The van der Waals surface area contributed by atoms with E-state index in [1.165, 1.54) is 90.6 Å². The van der Waals surface area contributed by atoms with E-state index < -0.39 is 0 Å². The van der Waals surface area contributed by atoms with Crippen molar-refractivity contribution in [2.24, 2.45) is 0 Å².